The predicted octanol–water partition coefficient (Wildman–Crippen LogP) is 0.822. The fourth-order valence-electron chi connectivity index (χ4n) is 2.65. The van der Waals surface area contributed by atoms with Crippen molar-refractivity contribution in [2.24, 2.45) is 5.92 Å². The lowest BCUT2D eigenvalue weighted by atomic mass is 9.88. The number of amides is 1. The van der Waals surface area contributed by atoms with Gasteiger partial charge in [-0.15, -0.1) is 0 Å². The Morgan fingerprint density at radius 1 is 1.22 bits per heavy atom. The maximum atomic E-state index is 12.2. The molecule has 1 amide bonds. The highest BCUT2D eigenvalue weighted by molar-refractivity contribution is 5.82. The number of rotatable bonds is 2. The van der Waals surface area contributed by atoms with Gasteiger partial charge in [0.05, 0.1) is 12.1 Å². The molecule has 18 heavy (non-hydrogen) atoms. The highest BCUT2D eigenvalue weighted by Gasteiger charge is 2.43. The van der Waals surface area contributed by atoms with Crippen LogP contribution >= 0.6 is 0 Å². The van der Waals surface area contributed by atoms with Crippen molar-refractivity contribution in [2.45, 2.75) is 37.6 Å². The molecule has 7 heteroatoms. The Morgan fingerprint density at radius 3 is 2.50 bits per heavy atom. The summed E-state index contributed by atoms with van der Waals surface area (Å²) in [5.74, 6) is -1.63. The monoisotopic (exact) mass is 266 g/mol. The number of halogens is 3. The summed E-state index contributed by atoms with van der Waals surface area (Å²) in [6.07, 6.45) is -2.89. The number of carbonyl (C=O) groups is 1. The van der Waals surface area contributed by atoms with Crippen LogP contribution in [0.25, 0.3) is 0 Å². The van der Waals surface area contributed by atoms with Crippen LogP contribution in [0, 0.1) is 5.92 Å². The third-order valence-corrected chi connectivity index (χ3v) is 3.56. The zero-order valence-electron chi connectivity index (χ0n) is 9.93. The van der Waals surface area contributed by atoms with Gasteiger partial charge in [-0.3, -0.25) is 4.79 Å². The largest absolute Gasteiger partial charge is 0.471 e. The first-order chi connectivity index (χ1) is 8.48. The Balaban J connectivity index is 1.93. The first-order valence-corrected chi connectivity index (χ1v) is 6.18. The summed E-state index contributed by atoms with van der Waals surface area (Å²) in [5, 5.41) is 5.25. The second-order valence-corrected chi connectivity index (χ2v) is 4.79. The van der Waals surface area contributed by atoms with Crippen LogP contribution in [0.2, 0.25) is 0 Å². The van der Waals surface area contributed by atoms with E-state index in [9.17, 15) is 18.0 Å². The van der Waals surface area contributed by atoms with Gasteiger partial charge in [-0.2, -0.15) is 13.2 Å². The van der Waals surface area contributed by atoms with E-state index in [1.165, 1.54) is 0 Å². The van der Waals surface area contributed by atoms with Crippen molar-refractivity contribution in [1.82, 2.24) is 10.6 Å². The van der Waals surface area contributed by atoms with Gasteiger partial charge in [0.25, 0.3) is 0 Å². The van der Waals surface area contributed by atoms with E-state index in [4.69, 9.17) is 4.74 Å². The average molecular weight is 266 g/mol. The van der Waals surface area contributed by atoms with Crippen LogP contribution in [0.5, 0.6) is 0 Å². The normalized spacial score (nSPS) is 30.4. The lowest BCUT2D eigenvalue weighted by Gasteiger charge is -2.31. The van der Waals surface area contributed by atoms with Crippen LogP contribution in [-0.4, -0.2) is 43.9 Å². The van der Waals surface area contributed by atoms with Gasteiger partial charge in [-0.25, -0.2) is 0 Å². The van der Waals surface area contributed by atoms with Crippen LogP contribution < -0.4 is 10.6 Å². The number of hydrogen-bond donors (Lipinski definition) is 2. The Labute approximate surface area is 103 Å². The first kappa shape index (κ1) is 13.6. The quantitative estimate of drug-likeness (QED) is 0.778. The molecule has 2 atom stereocenters. The molecule has 4 nitrogen and oxygen atoms in total. The Hall–Kier alpha value is -0.820. The minimum Gasteiger partial charge on any atom is -0.376 e. The highest BCUT2D eigenvalue weighted by atomic mass is 19.4. The smallest absolute Gasteiger partial charge is 0.376 e. The molecule has 2 rings (SSSR count). The van der Waals surface area contributed by atoms with Crippen LogP contribution in [0.1, 0.15) is 19.3 Å². The van der Waals surface area contributed by atoms with Gasteiger partial charge in [0.2, 0.25) is 0 Å². The van der Waals surface area contributed by atoms with E-state index in [-0.39, 0.29) is 12.0 Å². The predicted molar refractivity (Wildman–Crippen MR) is 57.9 cm³/mol. The van der Waals surface area contributed by atoms with E-state index in [0.717, 1.165) is 25.9 Å². The first-order valence-electron chi connectivity index (χ1n) is 6.18. The lowest BCUT2D eigenvalue weighted by Crippen LogP contribution is -2.49. The van der Waals surface area contributed by atoms with E-state index in [2.05, 4.69) is 10.6 Å². The SMILES string of the molecule is O=C(NC1CCOC1C1CCNCC1)C(F)(F)F. The van der Waals surface area contributed by atoms with Gasteiger partial charge in [-0.1, -0.05) is 0 Å². The molecular weight excluding hydrogens is 249 g/mol. The Bertz CT molecular complexity index is 303. The zero-order valence-corrected chi connectivity index (χ0v) is 9.93. The summed E-state index contributed by atoms with van der Waals surface area (Å²) in [6.45, 7) is 2.12. The molecule has 104 valence electrons. The maximum Gasteiger partial charge on any atom is 0.471 e. The molecule has 0 saturated carbocycles. The third-order valence-electron chi connectivity index (χ3n) is 3.56. The van der Waals surface area contributed by atoms with Crippen LogP contribution in [0.3, 0.4) is 0 Å². The van der Waals surface area contributed by atoms with Crippen molar-refractivity contribution < 1.29 is 22.7 Å². The average Bonchev–Trinajstić information content (AvgIpc) is 2.77. The number of carbonyl (C=O) groups excluding carboxylic acids is 1. The van der Waals surface area contributed by atoms with Crippen LogP contribution in [0.15, 0.2) is 0 Å². The number of ether oxygens (including phenoxy) is 1. The summed E-state index contributed by atoms with van der Waals surface area (Å²) in [4.78, 5) is 10.9. The molecule has 2 saturated heterocycles. The third kappa shape index (κ3) is 3.14. The summed E-state index contributed by atoms with van der Waals surface area (Å²) in [5.41, 5.74) is 0. The van der Waals surface area contributed by atoms with Crippen LogP contribution in [0.4, 0.5) is 13.2 Å². The van der Waals surface area contributed by atoms with Gasteiger partial charge in [0.1, 0.15) is 0 Å². The molecule has 2 fully saturated rings. The number of hydrogen-bond acceptors (Lipinski definition) is 3. The van der Waals surface area contributed by atoms with Crippen molar-refractivity contribution in [2.75, 3.05) is 19.7 Å². The number of piperidine rings is 1. The Morgan fingerprint density at radius 2 is 1.89 bits per heavy atom. The fourth-order valence-corrected chi connectivity index (χ4v) is 2.65. The maximum absolute atomic E-state index is 12.2. The molecule has 0 bridgehead atoms. The van der Waals surface area contributed by atoms with E-state index >= 15 is 0 Å². The second-order valence-electron chi connectivity index (χ2n) is 4.79. The summed E-state index contributed by atoms with van der Waals surface area (Å²) < 4.78 is 42.1. The molecule has 2 aliphatic heterocycles. The number of nitrogens with one attached hydrogen (secondary N) is 2. The molecule has 0 aromatic rings. The van der Waals surface area contributed by atoms with Gasteiger partial charge in [0.15, 0.2) is 0 Å². The van der Waals surface area contributed by atoms with Crippen molar-refractivity contribution in [3.8, 4) is 0 Å². The summed E-state index contributed by atoms with van der Waals surface area (Å²) >= 11 is 0. The molecule has 0 spiro atoms. The molecule has 0 aromatic carbocycles. The Kier molecular flexibility index (Phi) is 4.11. The van der Waals surface area contributed by atoms with E-state index in [0.29, 0.717) is 13.0 Å². The lowest BCUT2D eigenvalue weighted by molar-refractivity contribution is -0.174. The fraction of sp³-hybridized carbons (Fsp3) is 0.909. The van der Waals surface area contributed by atoms with Crippen LogP contribution in [-0.2, 0) is 9.53 Å². The molecule has 0 aromatic heterocycles. The molecule has 0 radical (unpaired) electrons. The summed E-state index contributed by atoms with van der Waals surface area (Å²) in [7, 11) is 0. The molecule has 2 heterocycles. The summed E-state index contributed by atoms with van der Waals surface area (Å²) in [6, 6.07) is -0.512. The minimum absolute atomic E-state index is 0.229. The van der Waals surface area contributed by atoms with Gasteiger partial charge < -0.3 is 15.4 Å². The van der Waals surface area contributed by atoms with Gasteiger partial charge in [0, 0.05) is 6.61 Å². The van der Waals surface area contributed by atoms with E-state index < -0.39 is 18.1 Å². The van der Waals surface area contributed by atoms with Crippen molar-refractivity contribution >= 4 is 5.91 Å². The molecular formula is C11H17F3N2O2. The molecule has 2 aliphatic rings. The van der Waals surface area contributed by atoms with E-state index in [1.54, 1.807) is 0 Å². The zero-order chi connectivity index (χ0) is 13.2. The minimum atomic E-state index is -4.82. The molecule has 0 aliphatic carbocycles. The van der Waals surface area contributed by atoms with Crippen molar-refractivity contribution in [3.63, 3.8) is 0 Å². The highest BCUT2D eigenvalue weighted by Crippen LogP contribution is 2.28. The topological polar surface area (TPSA) is 50.4 Å². The van der Waals surface area contributed by atoms with Gasteiger partial charge >= 0.3 is 12.1 Å². The standard InChI is InChI=1S/C11H17F3N2O2/c12-11(13,14)10(17)16-8-3-6-18-9(8)7-1-4-15-5-2-7/h7-9,15H,1-6H2,(H,16,17). The molecule has 2 unspecified atom stereocenters. The van der Waals surface area contributed by atoms with Crippen molar-refractivity contribution in [1.29, 1.82) is 0 Å². The second kappa shape index (κ2) is 5.44. The number of alkyl halides is 3. The van der Waals surface area contributed by atoms with E-state index in [1.807, 2.05) is 0 Å². The molecule has 2 N–H and O–H groups in total. The van der Waals surface area contributed by atoms with Gasteiger partial charge in [-0.05, 0) is 38.3 Å². The van der Waals surface area contributed by atoms with Crippen molar-refractivity contribution in [3.05, 3.63) is 0 Å².